The Labute approximate surface area is 248 Å². The minimum atomic E-state index is -0.962. The summed E-state index contributed by atoms with van der Waals surface area (Å²) in [6.45, 7) is 5.15. The molecular weight excluding hydrogens is 559 g/mol. The van der Waals surface area contributed by atoms with E-state index in [-0.39, 0.29) is 24.7 Å². The van der Waals surface area contributed by atoms with E-state index in [1.807, 2.05) is 0 Å². The number of halogens is 1. The lowest BCUT2D eigenvalue weighted by atomic mass is 10.0. The van der Waals surface area contributed by atoms with E-state index in [1.54, 1.807) is 63.2 Å². The van der Waals surface area contributed by atoms with E-state index >= 15 is 0 Å². The van der Waals surface area contributed by atoms with Crippen LogP contribution in [0.2, 0.25) is 0 Å². The van der Waals surface area contributed by atoms with Crippen LogP contribution in [-0.4, -0.2) is 56.3 Å². The molecule has 0 aliphatic carbocycles. The van der Waals surface area contributed by atoms with Crippen molar-refractivity contribution in [2.75, 3.05) is 25.6 Å². The smallest absolute Gasteiger partial charge is 0.338 e. The van der Waals surface area contributed by atoms with Gasteiger partial charge in [-0.25, -0.2) is 14.6 Å². The van der Waals surface area contributed by atoms with Gasteiger partial charge in [0.15, 0.2) is 18.1 Å². The number of methoxy groups -OCH3 is 1. The molecule has 12 heteroatoms. The second kappa shape index (κ2) is 15.7. The first-order valence-corrected chi connectivity index (χ1v) is 13.4. The number of carbonyl (C=O) groups excluding carboxylic acids is 4. The number of hydrogen-bond donors (Lipinski definition) is 3. The number of esters is 1. The fraction of sp³-hybridized carbons (Fsp3) is 0.258. The summed E-state index contributed by atoms with van der Waals surface area (Å²) in [6.07, 6.45) is 1.37. The van der Waals surface area contributed by atoms with Crippen LogP contribution in [0.25, 0.3) is 0 Å². The molecule has 43 heavy (non-hydrogen) atoms. The highest BCUT2D eigenvalue weighted by molar-refractivity contribution is 5.98. The van der Waals surface area contributed by atoms with Gasteiger partial charge >= 0.3 is 5.97 Å². The summed E-state index contributed by atoms with van der Waals surface area (Å²) in [5.74, 6) is -2.54. The van der Waals surface area contributed by atoms with E-state index in [9.17, 15) is 23.6 Å². The third-order valence-electron chi connectivity index (χ3n) is 5.97. The van der Waals surface area contributed by atoms with Gasteiger partial charge < -0.3 is 24.8 Å². The molecule has 0 bridgehead atoms. The predicted molar refractivity (Wildman–Crippen MR) is 158 cm³/mol. The van der Waals surface area contributed by atoms with Crippen molar-refractivity contribution in [2.45, 2.75) is 26.8 Å². The van der Waals surface area contributed by atoms with Crippen LogP contribution in [0.5, 0.6) is 11.5 Å². The minimum absolute atomic E-state index is 0.166. The van der Waals surface area contributed by atoms with Crippen molar-refractivity contribution < 1.29 is 37.8 Å². The Balaban J connectivity index is 1.55. The van der Waals surface area contributed by atoms with Gasteiger partial charge in [0.05, 0.1) is 31.1 Å². The fourth-order valence-corrected chi connectivity index (χ4v) is 3.77. The lowest BCUT2D eigenvalue weighted by molar-refractivity contribution is -0.124. The lowest BCUT2D eigenvalue weighted by Gasteiger charge is -2.20. The van der Waals surface area contributed by atoms with Gasteiger partial charge in [-0.15, -0.1) is 0 Å². The van der Waals surface area contributed by atoms with Crippen molar-refractivity contribution >= 4 is 35.6 Å². The van der Waals surface area contributed by atoms with E-state index in [2.05, 4.69) is 21.2 Å². The molecule has 3 aromatic carbocycles. The molecule has 3 N–H and O–H groups in total. The van der Waals surface area contributed by atoms with Crippen LogP contribution in [-0.2, 0) is 14.3 Å². The maximum Gasteiger partial charge on any atom is 0.338 e. The number of anilines is 1. The Morgan fingerprint density at radius 1 is 0.977 bits per heavy atom. The van der Waals surface area contributed by atoms with Gasteiger partial charge in [0.25, 0.3) is 17.7 Å². The number of ether oxygens (including phenoxy) is 3. The second-order valence-electron chi connectivity index (χ2n) is 9.45. The van der Waals surface area contributed by atoms with Gasteiger partial charge in [-0.3, -0.25) is 14.4 Å². The van der Waals surface area contributed by atoms with Gasteiger partial charge in [-0.2, -0.15) is 5.10 Å². The summed E-state index contributed by atoms with van der Waals surface area (Å²) in [4.78, 5) is 49.3. The molecule has 11 nitrogen and oxygen atoms in total. The summed E-state index contributed by atoms with van der Waals surface area (Å²) in [7, 11) is 1.43. The fourth-order valence-electron chi connectivity index (χ4n) is 3.77. The Bertz CT molecular complexity index is 1480. The van der Waals surface area contributed by atoms with Crippen LogP contribution in [0.1, 0.15) is 47.1 Å². The Morgan fingerprint density at radius 2 is 1.70 bits per heavy atom. The molecule has 0 fully saturated rings. The molecule has 0 aromatic heterocycles. The number of hydrogen-bond acceptors (Lipinski definition) is 8. The number of benzene rings is 3. The van der Waals surface area contributed by atoms with E-state index in [0.29, 0.717) is 28.3 Å². The van der Waals surface area contributed by atoms with Crippen LogP contribution in [0.4, 0.5) is 10.1 Å². The highest BCUT2D eigenvalue weighted by Crippen LogP contribution is 2.27. The van der Waals surface area contributed by atoms with Crippen LogP contribution in [0.3, 0.4) is 0 Å². The normalized spacial score (nSPS) is 11.5. The summed E-state index contributed by atoms with van der Waals surface area (Å²) in [5.41, 5.74) is 3.62. The molecule has 0 radical (unpaired) electrons. The zero-order valence-corrected chi connectivity index (χ0v) is 24.2. The third-order valence-corrected chi connectivity index (χ3v) is 5.97. The standard InChI is InChI=1S/C31H33FN4O7/c1-5-42-31(40)21-11-13-22(14-12-21)34-27(37)18-43-25-15-10-20(16-26(25)41-4)17-33-36-30(39)28(19(2)3)35-29(38)23-8-6-7-9-24(23)32/h6-17,19,28H,5,18H2,1-4H3,(H,34,37)(H,35,38)(H,36,39)/b33-17+. The minimum Gasteiger partial charge on any atom is -0.493 e. The Morgan fingerprint density at radius 3 is 2.35 bits per heavy atom. The van der Waals surface area contributed by atoms with Gasteiger partial charge in [0.2, 0.25) is 0 Å². The third kappa shape index (κ3) is 9.38. The maximum atomic E-state index is 14.0. The topological polar surface area (TPSA) is 144 Å². The van der Waals surface area contributed by atoms with Crippen LogP contribution in [0, 0.1) is 11.7 Å². The first-order valence-electron chi connectivity index (χ1n) is 13.4. The van der Waals surface area contributed by atoms with Crippen molar-refractivity contribution in [3.8, 4) is 11.5 Å². The SMILES string of the molecule is CCOC(=O)c1ccc(NC(=O)COc2ccc(/C=N/NC(=O)C(NC(=O)c3ccccc3F)C(C)C)cc2OC)cc1. The molecule has 0 heterocycles. The average Bonchev–Trinajstić information content (AvgIpc) is 2.99. The molecular formula is C31H33FN4O7. The second-order valence-corrected chi connectivity index (χ2v) is 9.45. The quantitative estimate of drug-likeness (QED) is 0.155. The molecule has 1 unspecified atom stereocenters. The van der Waals surface area contributed by atoms with Crippen molar-refractivity contribution in [3.05, 3.63) is 89.2 Å². The van der Waals surface area contributed by atoms with Crippen molar-refractivity contribution in [2.24, 2.45) is 11.0 Å². The molecule has 3 aromatic rings. The van der Waals surface area contributed by atoms with Gasteiger partial charge in [-0.05, 0) is 73.0 Å². The van der Waals surface area contributed by atoms with Gasteiger partial charge in [-0.1, -0.05) is 26.0 Å². The van der Waals surface area contributed by atoms with E-state index < -0.39 is 35.5 Å². The summed E-state index contributed by atoms with van der Waals surface area (Å²) in [6, 6.07) is 15.6. The molecule has 0 saturated heterocycles. The number of rotatable bonds is 13. The summed E-state index contributed by atoms with van der Waals surface area (Å²) < 4.78 is 29.9. The summed E-state index contributed by atoms with van der Waals surface area (Å²) in [5, 5.41) is 9.18. The van der Waals surface area contributed by atoms with Gasteiger partial charge in [0, 0.05) is 5.69 Å². The van der Waals surface area contributed by atoms with E-state index in [1.165, 1.54) is 37.6 Å². The first kappa shape index (κ1) is 32.3. The van der Waals surface area contributed by atoms with Crippen LogP contribution < -0.4 is 25.5 Å². The number of nitrogens with one attached hydrogen (secondary N) is 3. The highest BCUT2D eigenvalue weighted by atomic mass is 19.1. The number of hydrazone groups is 1. The van der Waals surface area contributed by atoms with Crippen LogP contribution >= 0.6 is 0 Å². The maximum absolute atomic E-state index is 14.0. The molecule has 0 aliphatic heterocycles. The molecule has 3 rings (SSSR count). The van der Waals surface area contributed by atoms with Crippen molar-refractivity contribution in [1.29, 1.82) is 0 Å². The molecule has 0 saturated carbocycles. The van der Waals surface area contributed by atoms with E-state index in [0.717, 1.165) is 0 Å². The van der Waals surface area contributed by atoms with E-state index in [4.69, 9.17) is 14.2 Å². The predicted octanol–water partition coefficient (Wildman–Crippen LogP) is 3.93. The zero-order chi connectivity index (χ0) is 31.4. The first-order chi connectivity index (χ1) is 20.6. The molecule has 0 spiro atoms. The molecule has 1 atom stereocenters. The highest BCUT2D eigenvalue weighted by Gasteiger charge is 2.25. The van der Waals surface area contributed by atoms with Gasteiger partial charge in [0.1, 0.15) is 11.9 Å². The monoisotopic (exact) mass is 592 g/mol. The van der Waals surface area contributed by atoms with Crippen molar-refractivity contribution in [1.82, 2.24) is 10.7 Å². The average molecular weight is 593 g/mol. The number of nitrogens with zero attached hydrogens (tertiary/aromatic N) is 1. The summed E-state index contributed by atoms with van der Waals surface area (Å²) >= 11 is 0. The molecule has 226 valence electrons. The number of carbonyl (C=O) groups is 4. The number of amides is 3. The Kier molecular flexibility index (Phi) is 11.7. The largest absolute Gasteiger partial charge is 0.493 e. The van der Waals surface area contributed by atoms with Crippen LogP contribution in [0.15, 0.2) is 71.8 Å². The Hall–Kier alpha value is -5.26. The van der Waals surface area contributed by atoms with Crippen molar-refractivity contribution in [3.63, 3.8) is 0 Å². The molecule has 3 amide bonds. The zero-order valence-electron chi connectivity index (χ0n) is 24.2. The lowest BCUT2D eigenvalue weighted by Crippen LogP contribution is -2.48. The molecule has 0 aliphatic rings.